The molecule has 0 aliphatic carbocycles. The van der Waals surface area contributed by atoms with Crippen LogP contribution in [0.2, 0.25) is 0 Å². The van der Waals surface area contributed by atoms with Crippen LogP contribution in [0.4, 0.5) is 0 Å². The molecule has 1 aliphatic heterocycles. The number of hydrogen-bond donors (Lipinski definition) is 1. The molecule has 7 nitrogen and oxygen atoms in total. The summed E-state index contributed by atoms with van der Waals surface area (Å²) in [4.78, 5) is 15.1. The molecular formula is C24H30N4O3S. The first-order chi connectivity index (χ1) is 15.0. The van der Waals surface area contributed by atoms with Crippen LogP contribution in [0.3, 0.4) is 0 Å². The van der Waals surface area contributed by atoms with E-state index in [-0.39, 0.29) is 24.4 Å². The van der Waals surface area contributed by atoms with Gasteiger partial charge in [-0.2, -0.15) is 9.40 Å². The normalized spacial score (nSPS) is 16.0. The van der Waals surface area contributed by atoms with Gasteiger partial charge in [0.25, 0.3) is 5.91 Å². The Morgan fingerprint density at radius 2 is 1.59 bits per heavy atom. The molecule has 0 atom stereocenters. The number of nitrogens with zero attached hydrogens (tertiary/aromatic N) is 3. The Labute approximate surface area is 189 Å². The van der Waals surface area contributed by atoms with Gasteiger partial charge in [0.15, 0.2) is 5.69 Å². The van der Waals surface area contributed by atoms with Gasteiger partial charge in [-0.15, -0.1) is 0 Å². The van der Waals surface area contributed by atoms with Crippen molar-refractivity contribution in [2.75, 3.05) is 26.2 Å². The smallest absolute Gasteiger partial charge is 0.275 e. The monoisotopic (exact) mass is 454 g/mol. The molecule has 0 saturated carbocycles. The number of piperazine rings is 1. The fourth-order valence-electron chi connectivity index (χ4n) is 4.33. The maximum absolute atomic E-state index is 13.5. The van der Waals surface area contributed by atoms with Crippen LogP contribution >= 0.6 is 0 Å². The Morgan fingerprint density at radius 1 is 1.00 bits per heavy atom. The van der Waals surface area contributed by atoms with Gasteiger partial charge in [-0.1, -0.05) is 51.1 Å². The molecule has 1 aromatic heterocycles. The zero-order valence-electron chi connectivity index (χ0n) is 19.3. The quantitative estimate of drug-likeness (QED) is 0.655. The van der Waals surface area contributed by atoms with Crippen LogP contribution in [0, 0.1) is 13.8 Å². The number of H-pyrrole nitrogens is 1. The molecule has 0 bridgehead atoms. The number of carbonyl (C=O) groups excluding carboxylic acids is 1. The van der Waals surface area contributed by atoms with Crippen molar-refractivity contribution < 1.29 is 13.2 Å². The van der Waals surface area contributed by atoms with Gasteiger partial charge in [0.05, 0.1) is 10.4 Å². The summed E-state index contributed by atoms with van der Waals surface area (Å²) in [5.41, 5.74) is 3.77. The highest BCUT2D eigenvalue weighted by molar-refractivity contribution is 7.89. The number of rotatable bonds is 3. The van der Waals surface area contributed by atoms with Gasteiger partial charge in [-0.05, 0) is 42.0 Å². The second-order valence-electron chi connectivity index (χ2n) is 9.50. The molecule has 0 unspecified atom stereocenters. The Morgan fingerprint density at radius 3 is 2.19 bits per heavy atom. The Balaban J connectivity index is 1.53. The van der Waals surface area contributed by atoms with E-state index >= 15 is 0 Å². The van der Waals surface area contributed by atoms with Crippen molar-refractivity contribution in [3.05, 3.63) is 58.8 Å². The summed E-state index contributed by atoms with van der Waals surface area (Å²) >= 11 is 0. The minimum absolute atomic E-state index is 0.0553. The minimum atomic E-state index is -3.65. The van der Waals surface area contributed by atoms with Crippen molar-refractivity contribution in [1.29, 1.82) is 0 Å². The molecule has 2 heterocycles. The summed E-state index contributed by atoms with van der Waals surface area (Å²) in [6.45, 7) is 11.3. The number of benzene rings is 2. The number of aromatic amines is 1. The number of sulfonamides is 1. The van der Waals surface area contributed by atoms with Crippen LogP contribution in [0.1, 0.15) is 48.0 Å². The number of aryl methyl sites for hydroxylation is 2. The lowest BCUT2D eigenvalue weighted by Crippen LogP contribution is -2.50. The fraction of sp³-hybridized carbons (Fsp3) is 0.417. The SMILES string of the molecule is Cc1cc(C(C)(C)C)cc(C)c1S(=O)(=O)N1CCN(C(=O)c2n[nH]c3ccccc23)CC1. The first kappa shape index (κ1) is 22.5. The largest absolute Gasteiger partial charge is 0.335 e. The van der Waals surface area contributed by atoms with Gasteiger partial charge in [0.2, 0.25) is 10.0 Å². The number of aromatic nitrogens is 2. The first-order valence-corrected chi connectivity index (χ1v) is 12.3. The molecule has 0 spiro atoms. The maximum Gasteiger partial charge on any atom is 0.275 e. The van der Waals surface area contributed by atoms with E-state index in [1.807, 2.05) is 50.2 Å². The van der Waals surface area contributed by atoms with E-state index in [9.17, 15) is 13.2 Å². The van der Waals surface area contributed by atoms with Gasteiger partial charge >= 0.3 is 0 Å². The Bertz CT molecular complexity index is 1260. The molecular weight excluding hydrogens is 424 g/mol. The summed E-state index contributed by atoms with van der Waals surface area (Å²) in [6.07, 6.45) is 0. The van der Waals surface area contributed by atoms with Crippen molar-refractivity contribution in [2.24, 2.45) is 0 Å². The van der Waals surface area contributed by atoms with Crippen molar-refractivity contribution >= 4 is 26.8 Å². The minimum Gasteiger partial charge on any atom is -0.335 e. The van der Waals surface area contributed by atoms with E-state index in [1.54, 1.807) is 4.90 Å². The predicted molar refractivity (Wildman–Crippen MR) is 125 cm³/mol. The van der Waals surface area contributed by atoms with Gasteiger partial charge < -0.3 is 4.90 Å². The molecule has 8 heteroatoms. The van der Waals surface area contributed by atoms with Gasteiger partial charge in [0.1, 0.15) is 0 Å². The van der Waals surface area contributed by atoms with E-state index in [4.69, 9.17) is 0 Å². The van der Waals surface area contributed by atoms with E-state index < -0.39 is 10.0 Å². The second-order valence-corrected chi connectivity index (χ2v) is 11.4. The third-order valence-corrected chi connectivity index (χ3v) is 8.33. The van der Waals surface area contributed by atoms with E-state index in [2.05, 4.69) is 31.0 Å². The van der Waals surface area contributed by atoms with Crippen molar-refractivity contribution in [2.45, 2.75) is 44.9 Å². The van der Waals surface area contributed by atoms with Crippen LogP contribution in [-0.4, -0.2) is 59.9 Å². The molecule has 170 valence electrons. The van der Waals surface area contributed by atoms with Crippen LogP contribution in [0.25, 0.3) is 10.9 Å². The number of carbonyl (C=O) groups is 1. The van der Waals surface area contributed by atoms with Crippen LogP contribution in [0.15, 0.2) is 41.3 Å². The average Bonchev–Trinajstić information content (AvgIpc) is 3.16. The highest BCUT2D eigenvalue weighted by Crippen LogP contribution is 2.31. The topological polar surface area (TPSA) is 86.4 Å². The summed E-state index contributed by atoms with van der Waals surface area (Å²) < 4.78 is 28.4. The molecule has 1 N–H and O–H groups in total. The Hall–Kier alpha value is -2.71. The first-order valence-electron chi connectivity index (χ1n) is 10.8. The molecule has 0 radical (unpaired) electrons. The maximum atomic E-state index is 13.5. The van der Waals surface area contributed by atoms with Crippen molar-refractivity contribution in [1.82, 2.24) is 19.4 Å². The van der Waals surface area contributed by atoms with Crippen molar-refractivity contribution in [3.63, 3.8) is 0 Å². The third kappa shape index (κ3) is 3.93. The number of nitrogens with one attached hydrogen (secondary N) is 1. The number of hydrogen-bond acceptors (Lipinski definition) is 4. The van der Waals surface area contributed by atoms with E-state index in [0.717, 1.165) is 27.6 Å². The lowest BCUT2D eigenvalue weighted by Gasteiger charge is -2.34. The summed E-state index contributed by atoms with van der Waals surface area (Å²) in [7, 11) is -3.65. The van der Waals surface area contributed by atoms with Crippen LogP contribution in [-0.2, 0) is 15.4 Å². The zero-order chi connectivity index (χ0) is 23.3. The lowest BCUT2D eigenvalue weighted by molar-refractivity contribution is 0.0694. The fourth-order valence-corrected chi connectivity index (χ4v) is 6.16. The number of amides is 1. The van der Waals surface area contributed by atoms with Gasteiger partial charge in [0, 0.05) is 31.6 Å². The molecule has 3 aromatic rings. The van der Waals surface area contributed by atoms with Gasteiger partial charge in [-0.25, -0.2) is 8.42 Å². The van der Waals surface area contributed by atoms with Crippen molar-refractivity contribution in [3.8, 4) is 0 Å². The molecule has 1 aliphatic rings. The highest BCUT2D eigenvalue weighted by Gasteiger charge is 2.33. The molecule has 1 saturated heterocycles. The summed E-state index contributed by atoms with van der Waals surface area (Å²) in [5, 5.41) is 7.85. The highest BCUT2D eigenvalue weighted by atomic mass is 32.2. The molecule has 2 aromatic carbocycles. The molecule has 1 fully saturated rings. The predicted octanol–water partition coefficient (Wildman–Crippen LogP) is 3.62. The van der Waals surface area contributed by atoms with E-state index in [0.29, 0.717) is 23.7 Å². The Kier molecular flexibility index (Phi) is 5.63. The van der Waals surface area contributed by atoms with E-state index in [1.165, 1.54) is 4.31 Å². The number of fused-ring (bicyclic) bond motifs is 1. The van der Waals surface area contributed by atoms with Gasteiger partial charge in [-0.3, -0.25) is 9.89 Å². The second kappa shape index (κ2) is 8.01. The molecule has 32 heavy (non-hydrogen) atoms. The molecule has 4 rings (SSSR count). The van der Waals surface area contributed by atoms with Crippen LogP contribution < -0.4 is 0 Å². The number of para-hydroxylation sites is 1. The third-order valence-electron chi connectivity index (χ3n) is 6.12. The summed E-state index contributed by atoms with van der Waals surface area (Å²) in [5.74, 6) is -0.179. The zero-order valence-corrected chi connectivity index (χ0v) is 20.1. The van der Waals surface area contributed by atoms with Crippen LogP contribution in [0.5, 0.6) is 0 Å². The average molecular weight is 455 g/mol. The summed E-state index contributed by atoms with van der Waals surface area (Å²) in [6, 6.07) is 11.4. The standard InChI is InChI=1S/C24H30N4O3S/c1-16-14-18(24(3,4)5)15-17(2)22(16)32(30,31)28-12-10-27(11-13-28)23(29)21-19-8-6-7-9-20(19)25-26-21/h6-9,14-15H,10-13H2,1-5H3,(H,25,26). The lowest BCUT2D eigenvalue weighted by atomic mass is 9.85. The molecule has 1 amide bonds.